The van der Waals surface area contributed by atoms with Crippen molar-refractivity contribution in [1.29, 1.82) is 0 Å². The molecule has 1 nitrogen and oxygen atoms in total. The Hall–Kier alpha value is -1.28. The molecular formula is C12H8BrO. The van der Waals surface area contributed by atoms with Gasteiger partial charge in [-0.15, -0.1) is 0 Å². The second kappa shape index (κ2) is 4.29. The van der Waals surface area contributed by atoms with Crippen LogP contribution in [0, 0.1) is 6.07 Å². The van der Waals surface area contributed by atoms with E-state index in [4.69, 9.17) is 4.74 Å². The van der Waals surface area contributed by atoms with Crippen LogP contribution in [-0.4, -0.2) is 0 Å². The van der Waals surface area contributed by atoms with Gasteiger partial charge < -0.3 is 4.74 Å². The molecule has 0 amide bonds. The zero-order valence-corrected chi connectivity index (χ0v) is 8.99. The molecule has 0 heterocycles. The minimum absolute atomic E-state index is 0.791. The fourth-order valence-corrected chi connectivity index (χ4v) is 1.33. The molecule has 0 fully saturated rings. The van der Waals surface area contributed by atoms with E-state index in [0.717, 1.165) is 16.0 Å². The molecule has 0 aliphatic carbocycles. The summed E-state index contributed by atoms with van der Waals surface area (Å²) in [5.74, 6) is 1.63. The lowest BCUT2D eigenvalue weighted by Gasteiger charge is -2.04. The quantitative estimate of drug-likeness (QED) is 0.779. The zero-order valence-electron chi connectivity index (χ0n) is 7.41. The summed E-state index contributed by atoms with van der Waals surface area (Å²) in [7, 11) is 0. The van der Waals surface area contributed by atoms with Gasteiger partial charge in [-0.25, -0.2) is 0 Å². The highest BCUT2D eigenvalue weighted by Crippen LogP contribution is 2.22. The summed E-state index contributed by atoms with van der Waals surface area (Å²) in [6.45, 7) is 0. The molecule has 2 aromatic rings. The van der Waals surface area contributed by atoms with Gasteiger partial charge in [-0.1, -0.05) is 34.1 Å². The van der Waals surface area contributed by atoms with Crippen LogP contribution in [0.5, 0.6) is 11.5 Å². The summed E-state index contributed by atoms with van der Waals surface area (Å²) >= 11 is 3.32. The number of hydrogen-bond acceptors (Lipinski definition) is 1. The van der Waals surface area contributed by atoms with Crippen LogP contribution in [0.3, 0.4) is 0 Å². The predicted octanol–water partition coefficient (Wildman–Crippen LogP) is 4.04. The second-order valence-electron chi connectivity index (χ2n) is 2.79. The molecule has 0 saturated heterocycles. The molecule has 69 valence electrons. The van der Waals surface area contributed by atoms with E-state index in [9.17, 15) is 0 Å². The first-order valence-electron chi connectivity index (χ1n) is 4.25. The average Bonchev–Trinajstić information content (AvgIpc) is 2.23. The van der Waals surface area contributed by atoms with Crippen molar-refractivity contribution >= 4 is 15.9 Å². The third kappa shape index (κ3) is 2.36. The largest absolute Gasteiger partial charge is 0.457 e. The molecule has 0 aliphatic rings. The lowest BCUT2D eigenvalue weighted by atomic mass is 10.3. The first-order chi connectivity index (χ1) is 6.84. The Bertz CT molecular complexity index is 394. The van der Waals surface area contributed by atoms with Crippen molar-refractivity contribution < 1.29 is 4.74 Å². The number of rotatable bonds is 2. The van der Waals surface area contributed by atoms with E-state index < -0.39 is 0 Å². The summed E-state index contributed by atoms with van der Waals surface area (Å²) in [4.78, 5) is 0. The average molecular weight is 248 g/mol. The highest BCUT2D eigenvalue weighted by atomic mass is 79.9. The standard InChI is InChI=1S/C12H8BrO/c13-10-6-8-12(9-7-10)14-11-4-2-1-3-5-11/h1-6,8-9H. The molecule has 0 aliphatic heterocycles. The maximum atomic E-state index is 5.58. The van der Waals surface area contributed by atoms with Crippen LogP contribution < -0.4 is 4.74 Å². The van der Waals surface area contributed by atoms with Gasteiger partial charge >= 0.3 is 0 Å². The Morgan fingerprint density at radius 1 is 0.929 bits per heavy atom. The molecule has 0 unspecified atom stereocenters. The van der Waals surface area contributed by atoms with Gasteiger partial charge in [-0.05, 0) is 30.3 Å². The van der Waals surface area contributed by atoms with Crippen molar-refractivity contribution in [2.24, 2.45) is 0 Å². The third-order valence-electron chi connectivity index (χ3n) is 1.73. The number of ether oxygens (including phenoxy) is 1. The second-order valence-corrected chi connectivity index (χ2v) is 3.64. The lowest BCUT2D eigenvalue weighted by molar-refractivity contribution is 0.482. The molecule has 0 saturated carbocycles. The van der Waals surface area contributed by atoms with E-state index in [1.54, 1.807) is 6.07 Å². The van der Waals surface area contributed by atoms with Gasteiger partial charge in [-0.2, -0.15) is 0 Å². The summed E-state index contributed by atoms with van der Waals surface area (Å²) in [6, 6.07) is 18.3. The zero-order chi connectivity index (χ0) is 9.80. The first-order valence-corrected chi connectivity index (χ1v) is 5.04. The first kappa shape index (κ1) is 9.28. The molecule has 0 spiro atoms. The van der Waals surface area contributed by atoms with Gasteiger partial charge in [0.05, 0.1) is 0 Å². The molecule has 2 rings (SSSR count). The molecule has 2 heteroatoms. The van der Waals surface area contributed by atoms with Crippen LogP contribution in [0.1, 0.15) is 0 Å². The minimum atomic E-state index is 0.791. The summed E-state index contributed by atoms with van der Waals surface area (Å²) in [6.07, 6.45) is 0. The molecule has 1 radical (unpaired) electrons. The van der Waals surface area contributed by atoms with E-state index in [2.05, 4.69) is 22.0 Å². The van der Waals surface area contributed by atoms with Crippen molar-refractivity contribution in [3.8, 4) is 11.5 Å². The maximum absolute atomic E-state index is 5.58. The van der Waals surface area contributed by atoms with Crippen molar-refractivity contribution in [2.45, 2.75) is 0 Å². The molecule has 2 aromatic carbocycles. The smallest absolute Gasteiger partial charge is 0.128 e. The molecule has 14 heavy (non-hydrogen) atoms. The van der Waals surface area contributed by atoms with E-state index >= 15 is 0 Å². The molecular weight excluding hydrogens is 240 g/mol. The van der Waals surface area contributed by atoms with Gasteiger partial charge in [0, 0.05) is 10.5 Å². The maximum Gasteiger partial charge on any atom is 0.128 e. The SMILES string of the molecule is Brc1[c]cc(Oc2ccccc2)cc1. The van der Waals surface area contributed by atoms with Gasteiger partial charge in [0.1, 0.15) is 11.5 Å². The monoisotopic (exact) mass is 247 g/mol. The Kier molecular flexibility index (Phi) is 2.84. The number of halogens is 1. The highest BCUT2D eigenvalue weighted by Gasteiger charge is 1.95. The van der Waals surface area contributed by atoms with Gasteiger partial charge in [0.2, 0.25) is 0 Å². The molecule has 0 N–H and O–H groups in total. The Labute approximate surface area is 91.5 Å². The summed E-state index contributed by atoms with van der Waals surface area (Å²) in [5, 5.41) is 0. The third-order valence-corrected chi connectivity index (χ3v) is 2.22. The van der Waals surface area contributed by atoms with Crippen LogP contribution in [0.15, 0.2) is 53.0 Å². The Balaban J connectivity index is 2.16. The van der Waals surface area contributed by atoms with Crippen LogP contribution in [-0.2, 0) is 0 Å². The van der Waals surface area contributed by atoms with Gasteiger partial charge in [0.25, 0.3) is 0 Å². The van der Waals surface area contributed by atoms with Crippen LogP contribution in [0.4, 0.5) is 0 Å². The molecule has 0 bridgehead atoms. The van der Waals surface area contributed by atoms with Crippen molar-refractivity contribution in [3.63, 3.8) is 0 Å². The van der Waals surface area contributed by atoms with E-state index in [1.807, 2.05) is 42.5 Å². The Morgan fingerprint density at radius 2 is 1.71 bits per heavy atom. The van der Waals surface area contributed by atoms with Crippen LogP contribution >= 0.6 is 15.9 Å². The van der Waals surface area contributed by atoms with Crippen molar-refractivity contribution in [3.05, 3.63) is 59.1 Å². The highest BCUT2D eigenvalue weighted by molar-refractivity contribution is 9.10. The summed E-state index contributed by atoms with van der Waals surface area (Å²) < 4.78 is 6.51. The minimum Gasteiger partial charge on any atom is -0.457 e. The Morgan fingerprint density at radius 3 is 2.36 bits per heavy atom. The van der Waals surface area contributed by atoms with E-state index in [-0.39, 0.29) is 0 Å². The number of hydrogen-bond donors (Lipinski definition) is 0. The molecule has 0 aromatic heterocycles. The summed E-state index contributed by atoms with van der Waals surface area (Å²) in [5.41, 5.74) is 0. The van der Waals surface area contributed by atoms with E-state index in [1.165, 1.54) is 0 Å². The fraction of sp³-hybridized carbons (Fsp3) is 0. The van der Waals surface area contributed by atoms with Crippen molar-refractivity contribution in [2.75, 3.05) is 0 Å². The van der Waals surface area contributed by atoms with Crippen LogP contribution in [0.2, 0.25) is 0 Å². The molecule has 0 atom stereocenters. The topological polar surface area (TPSA) is 9.23 Å². The van der Waals surface area contributed by atoms with Gasteiger partial charge in [-0.3, -0.25) is 0 Å². The lowest BCUT2D eigenvalue weighted by Crippen LogP contribution is -1.82. The van der Waals surface area contributed by atoms with Crippen molar-refractivity contribution in [1.82, 2.24) is 0 Å². The number of para-hydroxylation sites is 1. The van der Waals surface area contributed by atoms with Crippen LogP contribution in [0.25, 0.3) is 0 Å². The number of benzene rings is 2. The van der Waals surface area contributed by atoms with Gasteiger partial charge in [0.15, 0.2) is 0 Å². The normalized spacial score (nSPS) is 9.79. The fourth-order valence-electron chi connectivity index (χ4n) is 1.08. The van der Waals surface area contributed by atoms with E-state index in [0.29, 0.717) is 0 Å². The predicted molar refractivity (Wildman–Crippen MR) is 59.5 cm³/mol.